The van der Waals surface area contributed by atoms with Crippen LogP contribution in [0.2, 0.25) is 0 Å². The van der Waals surface area contributed by atoms with E-state index in [2.05, 4.69) is 9.73 Å². The van der Waals surface area contributed by atoms with Gasteiger partial charge in [-0.05, 0) is 36.8 Å². The molecular formula is C12H15NO3. The zero-order chi connectivity index (χ0) is 11.8. The number of carbonyl (C=O) groups excluding carboxylic acids is 1. The van der Waals surface area contributed by atoms with Crippen LogP contribution in [0.1, 0.15) is 12.5 Å². The summed E-state index contributed by atoms with van der Waals surface area (Å²) >= 11 is 0. The first-order valence-corrected chi connectivity index (χ1v) is 5.05. The molecule has 86 valence electrons. The summed E-state index contributed by atoms with van der Waals surface area (Å²) in [5.74, 6) is 0.481. The van der Waals surface area contributed by atoms with Gasteiger partial charge in [-0.1, -0.05) is 0 Å². The molecule has 0 atom stereocenters. The molecule has 16 heavy (non-hydrogen) atoms. The van der Waals surface area contributed by atoms with Gasteiger partial charge >= 0.3 is 5.97 Å². The molecule has 0 bridgehead atoms. The van der Waals surface area contributed by atoms with Crippen molar-refractivity contribution in [1.82, 2.24) is 0 Å². The minimum atomic E-state index is -0.345. The third-order valence-electron chi connectivity index (χ3n) is 1.88. The van der Waals surface area contributed by atoms with Gasteiger partial charge in [-0.25, -0.2) is 0 Å². The van der Waals surface area contributed by atoms with E-state index < -0.39 is 0 Å². The van der Waals surface area contributed by atoms with Crippen LogP contribution >= 0.6 is 0 Å². The molecule has 1 aromatic carbocycles. The van der Waals surface area contributed by atoms with E-state index >= 15 is 0 Å². The first-order chi connectivity index (χ1) is 7.76. The lowest BCUT2D eigenvalue weighted by atomic mass is 10.2. The fraction of sp³-hybridized carbons (Fsp3) is 0.333. The maximum absolute atomic E-state index is 10.8. The molecule has 0 heterocycles. The first kappa shape index (κ1) is 12.2. The average Bonchev–Trinajstić information content (AvgIpc) is 2.31. The summed E-state index contributed by atoms with van der Waals surface area (Å²) in [4.78, 5) is 14.7. The quantitative estimate of drug-likeness (QED) is 0.561. The van der Waals surface area contributed by atoms with Gasteiger partial charge in [0, 0.05) is 6.21 Å². The topological polar surface area (TPSA) is 47.9 Å². The van der Waals surface area contributed by atoms with Gasteiger partial charge in [0.1, 0.15) is 12.3 Å². The number of nitrogens with zero attached hydrogens (tertiary/aromatic N) is 1. The molecule has 0 unspecified atom stereocenters. The molecule has 0 aliphatic carbocycles. The SMILES string of the molecule is CCOc1ccc(C=NCC(=O)OC)cc1. The van der Waals surface area contributed by atoms with Gasteiger partial charge < -0.3 is 9.47 Å². The van der Waals surface area contributed by atoms with Crippen LogP contribution in [-0.4, -0.2) is 32.4 Å². The molecule has 0 saturated heterocycles. The average molecular weight is 221 g/mol. The molecule has 0 spiro atoms. The number of ether oxygens (including phenoxy) is 2. The Balaban J connectivity index is 2.51. The second kappa shape index (κ2) is 6.61. The number of hydrogen-bond donors (Lipinski definition) is 0. The van der Waals surface area contributed by atoms with E-state index in [1.54, 1.807) is 6.21 Å². The fourth-order valence-corrected chi connectivity index (χ4v) is 1.11. The largest absolute Gasteiger partial charge is 0.494 e. The summed E-state index contributed by atoms with van der Waals surface area (Å²) in [6, 6.07) is 7.49. The Morgan fingerprint density at radius 1 is 1.38 bits per heavy atom. The van der Waals surface area contributed by atoms with Gasteiger partial charge in [0.15, 0.2) is 0 Å². The Morgan fingerprint density at radius 2 is 2.06 bits per heavy atom. The van der Waals surface area contributed by atoms with Crippen LogP contribution in [0.25, 0.3) is 0 Å². The minimum Gasteiger partial charge on any atom is -0.494 e. The fourth-order valence-electron chi connectivity index (χ4n) is 1.11. The number of aliphatic imine (C=N–C) groups is 1. The van der Waals surface area contributed by atoms with Crippen LogP contribution in [0.15, 0.2) is 29.3 Å². The van der Waals surface area contributed by atoms with Gasteiger partial charge in [-0.15, -0.1) is 0 Å². The number of methoxy groups -OCH3 is 1. The summed E-state index contributed by atoms with van der Waals surface area (Å²) in [5, 5.41) is 0. The lowest BCUT2D eigenvalue weighted by molar-refractivity contribution is -0.138. The Morgan fingerprint density at radius 3 is 2.62 bits per heavy atom. The Bertz CT molecular complexity index is 357. The number of hydrogen-bond acceptors (Lipinski definition) is 4. The van der Waals surface area contributed by atoms with E-state index in [1.807, 2.05) is 31.2 Å². The van der Waals surface area contributed by atoms with Crippen molar-refractivity contribution in [2.75, 3.05) is 20.3 Å². The van der Waals surface area contributed by atoms with E-state index in [9.17, 15) is 4.79 Å². The molecule has 1 rings (SSSR count). The lowest BCUT2D eigenvalue weighted by Gasteiger charge is -2.01. The summed E-state index contributed by atoms with van der Waals surface area (Å²) < 4.78 is 9.77. The van der Waals surface area contributed by atoms with Crippen LogP contribution < -0.4 is 4.74 Å². The normalized spacial score (nSPS) is 10.4. The Labute approximate surface area is 94.9 Å². The van der Waals surface area contributed by atoms with Crippen molar-refractivity contribution < 1.29 is 14.3 Å². The Hall–Kier alpha value is -1.84. The lowest BCUT2D eigenvalue weighted by Crippen LogP contribution is -2.04. The minimum absolute atomic E-state index is 0.0453. The number of rotatable bonds is 5. The molecule has 0 aliphatic heterocycles. The molecule has 0 saturated carbocycles. The smallest absolute Gasteiger partial charge is 0.327 e. The van der Waals surface area contributed by atoms with Gasteiger partial charge in [-0.2, -0.15) is 0 Å². The molecule has 0 fully saturated rings. The van der Waals surface area contributed by atoms with Crippen molar-refractivity contribution in [2.24, 2.45) is 4.99 Å². The maximum atomic E-state index is 10.8. The highest BCUT2D eigenvalue weighted by molar-refractivity contribution is 5.82. The molecule has 0 amide bonds. The molecular weight excluding hydrogens is 206 g/mol. The van der Waals surface area contributed by atoms with Crippen molar-refractivity contribution in [1.29, 1.82) is 0 Å². The van der Waals surface area contributed by atoms with Crippen LogP contribution in [-0.2, 0) is 9.53 Å². The van der Waals surface area contributed by atoms with Crippen molar-refractivity contribution in [3.63, 3.8) is 0 Å². The van der Waals surface area contributed by atoms with E-state index in [-0.39, 0.29) is 12.5 Å². The molecule has 0 N–H and O–H groups in total. The second-order valence-corrected chi connectivity index (χ2v) is 3.05. The standard InChI is InChI=1S/C12H15NO3/c1-3-16-11-6-4-10(5-7-11)8-13-9-12(14)15-2/h4-8H,3,9H2,1-2H3. The molecule has 4 nitrogen and oxygen atoms in total. The predicted molar refractivity (Wildman–Crippen MR) is 62.1 cm³/mol. The van der Waals surface area contributed by atoms with E-state index in [1.165, 1.54) is 7.11 Å². The zero-order valence-corrected chi connectivity index (χ0v) is 9.47. The number of esters is 1. The van der Waals surface area contributed by atoms with E-state index in [4.69, 9.17) is 4.74 Å². The monoisotopic (exact) mass is 221 g/mol. The van der Waals surface area contributed by atoms with E-state index in [0.717, 1.165) is 11.3 Å². The predicted octanol–water partition coefficient (Wildman–Crippen LogP) is 1.68. The van der Waals surface area contributed by atoms with Gasteiger partial charge in [-0.3, -0.25) is 9.79 Å². The maximum Gasteiger partial charge on any atom is 0.327 e. The molecule has 0 aromatic heterocycles. The van der Waals surface area contributed by atoms with Crippen molar-refractivity contribution in [3.8, 4) is 5.75 Å². The van der Waals surface area contributed by atoms with Crippen molar-refractivity contribution in [2.45, 2.75) is 6.92 Å². The summed E-state index contributed by atoms with van der Waals surface area (Å²) in [6.07, 6.45) is 1.63. The summed E-state index contributed by atoms with van der Waals surface area (Å²) in [7, 11) is 1.34. The first-order valence-electron chi connectivity index (χ1n) is 5.05. The highest BCUT2D eigenvalue weighted by Gasteiger charge is 1.95. The van der Waals surface area contributed by atoms with Crippen molar-refractivity contribution >= 4 is 12.2 Å². The van der Waals surface area contributed by atoms with Gasteiger partial charge in [0.2, 0.25) is 0 Å². The number of carbonyl (C=O) groups is 1. The van der Waals surface area contributed by atoms with E-state index in [0.29, 0.717) is 6.61 Å². The van der Waals surface area contributed by atoms with Crippen LogP contribution in [0.4, 0.5) is 0 Å². The molecule has 1 aromatic rings. The molecule has 0 radical (unpaired) electrons. The highest BCUT2D eigenvalue weighted by atomic mass is 16.5. The summed E-state index contributed by atoms with van der Waals surface area (Å²) in [5.41, 5.74) is 0.923. The van der Waals surface area contributed by atoms with Crippen LogP contribution in [0.3, 0.4) is 0 Å². The Kier molecular flexibility index (Phi) is 5.05. The third kappa shape index (κ3) is 4.13. The van der Waals surface area contributed by atoms with Gasteiger partial charge in [0.25, 0.3) is 0 Å². The third-order valence-corrected chi connectivity index (χ3v) is 1.88. The van der Waals surface area contributed by atoms with Gasteiger partial charge in [0.05, 0.1) is 13.7 Å². The number of benzene rings is 1. The molecule has 4 heteroatoms. The summed E-state index contributed by atoms with van der Waals surface area (Å²) in [6.45, 7) is 2.63. The molecule has 0 aliphatic rings. The van der Waals surface area contributed by atoms with Crippen molar-refractivity contribution in [3.05, 3.63) is 29.8 Å². The van der Waals surface area contributed by atoms with Crippen LogP contribution in [0, 0.1) is 0 Å². The zero-order valence-electron chi connectivity index (χ0n) is 9.47. The highest BCUT2D eigenvalue weighted by Crippen LogP contribution is 2.10. The van der Waals surface area contributed by atoms with Crippen LogP contribution in [0.5, 0.6) is 5.75 Å². The second-order valence-electron chi connectivity index (χ2n) is 3.05.